The molecule has 0 atom stereocenters. The molecule has 2 heterocycles. The summed E-state index contributed by atoms with van der Waals surface area (Å²) < 4.78 is 9.04. The van der Waals surface area contributed by atoms with Crippen LogP contribution < -0.4 is 14.5 Å². The van der Waals surface area contributed by atoms with Gasteiger partial charge in [-0.1, -0.05) is 49.1 Å². The second-order valence-corrected chi connectivity index (χ2v) is 16.5. The first-order chi connectivity index (χ1) is 15.9. The Balaban J connectivity index is 1.88. The molecule has 3 nitrogen and oxygen atoms in total. The first-order valence-corrected chi connectivity index (χ1v) is 15.5. The Hall–Kier alpha value is -3.16. The van der Waals surface area contributed by atoms with E-state index in [-0.39, 0.29) is 0 Å². The van der Waals surface area contributed by atoms with Gasteiger partial charge in [0.2, 0.25) is 11.2 Å². The van der Waals surface area contributed by atoms with Gasteiger partial charge in [-0.25, -0.2) is 11.1 Å². The molecule has 172 valence electrons. The fourth-order valence-electron chi connectivity index (χ4n) is 5.57. The van der Waals surface area contributed by atoms with Crippen molar-refractivity contribution in [2.75, 3.05) is 0 Å². The van der Waals surface area contributed by atoms with E-state index in [1.54, 1.807) is 0 Å². The lowest BCUT2D eigenvalue weighted by Crippen LogP contribution is -2.38. The van der Waals surface area contributed by atoms with Gasteiger partial charge >= 0.3 is 0 Å². The average Bonchev–Trinajstić information content (AvgIpc) is 2.77. The van der Waals surface area contributed by atoms with Crippen LogP contribution in [0.1, 0.15) is 30.5 Å². The monoisotopic (exact) mass is 465 g/mol. The molecule has 0 saturated carbocycles. The summed E-state index contributed by atoms with van der Waals surface area (Å²) in [5.74, 6) is 1.88. The van der Waals surface area contributed by atoms with Crippen molar-refractivity contribution in [1.82, 2.24) is 0 Å². The van der Waals surface area contributed by atoms with E-state index in [4.69, 9.17) is 11.3 Å². The van der Waals surface area contributed by atoms with E-state index < -0.39 is 13.6 Å². The van der Waals surface area contributed by atoms with Gasteiger partial charge in [0.15, 0.2) is 6.20 Å². The summed E-state index contributed by atoms with van der Waals surface area (Å²) in [4.78, 5) is 3.83. The molecule has 0 amide bonds. The van der Waals surface area contributed by atoms with Gasteiger partial charge in [0.1, 0.15) is 18.5 Å². The normalized spacial score (nSPS) is 13.0. The van der Waals surface area contributed by atoms with Crippen molar-refractivity contribution in [1.29, 1.82) is 0 Å². The molecule has 1 aliphatic rings. The Labute approximate surface area is 203 Å². The van der Waals surface area contributed by atoms with Crippen LogP contribution in [-0.2, 0) is 13.5 Å². The Morgan fingerprint density at radius 1 is 1.03 bits per heavy atom. The summed E-state index contributed by atoms with van der Waals surface area (Å²) >= 11 is 0. The fraction of sp³-hybridized carbons (Fsp3) is 0.333. The molecule has 0 saturated heterocycles. The van der Waals surface area contributed by atoms with Crippen molar-refractivity contribution in [2.45, 2.75) is 59.3 Å². The molecule has 1 aliphatic heterocycles. The summed E-state index contributed by atoms with van der Waals surface area (Å²) in [5.41, 5.74) is 5.62. The first-order valence-electron chi connectivity index (χ1n) is 12.0. The van der Waals surface area contributed by atoms with Crippen molar-refractivity contribution >= 4 is 34.8 Å². The number of hydrogen-bond acceptors (Lipinski definition) is 1. The minimum Gasteiger partial charge on any atom is -0.455 e. The van der Waals surface area contributed by atoms with Crippen LogP contribution in [0.5, 0.6) is 11.5 Å². The number of nitrogens with zero attached hydrogens (tertiary/aromatic N) is 2. The third-order valence-corrected chi connectivity index (χ3v) is 9.27. The largest absolute Gasteiger partial charge is 0.455 e. The van der Waals surface area contributed by atoms with Gasteiger partial charge in [-0.15, -0.1) is 0 Å². The van der Waals surface area contributed by atoms with E-state index in [2.05, 4.69) is 92.5 Å². The molecule has 4 heteroatoms. The highest BCUT2D eigenvalue weighted by Crippen LogP contribution is 2.50. The van der Waals surface area contributed by atoms with Gasteiger partial charge in [-0.3, -0.25) is 0 Å². The summed E-state index contributed by atoms with van der Waals surface area (Å²) in [6, 6.07) is 13.4. The Morgan fingerprint density at radius 2 is 1.76 bits per heavy atom. The maximum Gasteiger partial charge on any atom is 0.231 e. The fourth-order valence-corrected chi connectivity index (χ4v) is 7.24. The van der Waals surface area contributed by atoms with Gasteiger partial charge in [-0.05, 0) is 47.2 Å². The highest BCUT2D eigenvalue weighted by Gasteiger charge is 2.34. The van der Waals surface area contributed by atoms with Crippen LogP contribution in [-0.4, -0.2) is 13.6 Å². The number of pyridine rings is 1. The second-order valence-electron chi connectivity index (χ2n) is 11.5. The number of aromatic nitrogens is 1. The zero-order valence-electron chi connectivity index (χ0n) is 21.6. The lowest BCUT2D eigenvalue weighted by atomic mass is 9.88. The van der Waals surface area contributed by atoms with Crippen molar-refractivity contribution in [3.63, 3.8) is 0 Å². The summed E-state index contributed by atoms with van der Waals surface area (Å²) in [5, 5.41) is 6.50. The molecule has 5 rings (SSSR count). The Kier molecular flexibility index (Phi) is 4.93. The smallest absolute Gasteiger partial charge is 0.231 e. The van der Waals surface area contributed by atoms with Gasteiger partial charge in [0, 0.05) is 25.5 Å². The van der Waals surface area contributed by atoms with Gasteiger partial charge < -0.3 is 9.58 Å². The van der Waals surface area contributed by atoms with Crippen molar-refractivity contribution < 1.29 is 9.30 Å². The Bertz CT molecular complexity index is 1550. The van der Waals surface area contributed by atoms with Gasteiger partial charge in [0.25, 0.3) is 0 Å². The number of aryl methyl sites for hydroxylation is 3. The predicted molar refractivity (Wildman–Crippen MR) is 145 cm³/mol. The zero-order valence-corrected chi connectivity index (χ0v) is 22.6. The topological polar surface area (TPSA) is 17.5 Å². The average molecular weight is 466 g/mol. The number of ether oxygens (including phenoxy) is 1. The van der Waals surface area contributed by atoms with Gasteiger partial charge in [-0.2, -0.15) is 0 Å². The molecular formula is C30H33N2OSi+. The number of benzene rings is 3. The SMILES string of the molecule is [C-]#[N+]C(C)(C)Cc1cc2c3c([n+](C)ccc3c1)-c1c(c(C)c3c([Si](C)(C)C)cccc3c1C)O2. The third kappa shape index (κ3) is 3.34. The molecule has 34 heavy (non-hydrogen) atoms. The predicted octanol–water partition coefficient (Wildman–Crippen LogP) is 6.99. The molecule has 0 radical (unpaired) electrons. The molecular weight excluding hydrogens is 432 g/mol. The number of rotatable bonds is 3. The zero-order chi connectivity index (χ0) is 24.6. The van der Waals surface area contributed by atoms with E-state index in [1.165, 1.54) is 43.7 Å². The molecule has 1 aromatic heterocycles. The lowest BCUT2D eigenvalue weighted by molar-refractivity contribution is -0.659. The van der Waals surface area contributed by atoms with Crippen LogP contribution in [0.25, 0.3) is 37.6 Å². The quantitative estimate of drug-likeness (QED) is 0.159. The molecule has 0 N–H and O–H groups in total. The summed E-state index contributed by atoms with van der Waals surface area (Å²) in [6.07, 6.45) is 2.85. The second kappa shape index (κ2) is 7.42. The van der Waals surface area contributed by atoms with E-state index in [9.17, 15) is 0 Å². The van der Waals surface area contributed by atoms with Crippen LogP contribution in [0.2, 0.25) is 19.6 Å². The summed E-state index contributed by atoms with van der Waals surface area (Å²) in [7, 11) is 0.568. The molecule has 0 fully saturated rings. The highest BCUT2D eigenvalue weighted by atomic mass is 28.3. The number of fused-ring (bicyclic) bond motifs is 3. The minimum atomic E-state index is -1.56. The lowest BCUT2D eigenvalue weighted by Gasteiger charge is -2.27. The van der Waals surface area contributed by atoms with Crippen LogP contribution in [0.4, 0.5) is 0 Å². The molecule has 0 spiro atoms. The van der Waals surface area contributed by atoms with Crippen LogP contribution in [0, 0.1) is 20.4 Å². The highest BCUT2D eigenvalue weighted by molar-refractivity contribution is 6.90. The number of hydrogen-bond donors (Lipinski definition) is 0. The van der Waals surface area contributed by atoms with E-state index >= 15 is 0 Å². The van der Waals surface area contributed by atoms with Crippen molar-refractivity contribution in [2.24, 2.45) is 7.05 Å². The third-order valence-electron chi connectivity index (χ3n) is 7.24. The van der Waals surface area contributed by atoms with Gasteiger partial charge in [0.05, 0.1) is 25.4 Å². The van der Waals surface area contributed by atoms with E-state index in [1.807, 2.05) is 13.8 Å². The molecule has 4 aromatic rings. The first kappa shape index (κ1) is 22.6. The standard InChI is InChI=1S/C30H33N2OSi/c1-18-22-11-10-12-24(34(7,8)9)25(22)19(2)29-26(18)28-27-21(13-14-32(28)6)15-20(16-23(27)33-29)17-30(3,4)31-5/h10-16H,17H2,1-4,6-9H3/q+1. The maximum atomic E-state index is 7.58. The maximum absolute atomic E-state index is 7.58. The molecule has 0 bridgehead atoms. The molecule has 0 aliphatic carbocycles. The van der Waals surface area contributed by atoms with Crippen LogP contribution in [0.3, 0.4) is 0 Å². The molecule has 3 aromatic carbocycles. The molecule has 0 unspecified atom stereocenters. The van der Waals surface area contributed by atoms with Crippen molar-refractivity contribution in [3.05, 3.63) is 70.7 Å². The summed E-state index contributed by atoms with van der Waals surface area (Å²) in [6.45, 7) is 23.3. The van der Waals surface area contributed by atoms with Crippen molar-refractivity contribution in [3.8, 4) is 22.8 Å². The van der Waals surface area contributed by atoms with E-state index in [0.29, 0.717) is 6.42 Å². The van der Waals surface area contributed by atoms with E-state index in [0.717, 1.165) is 22.4 Å². The van der Waals surface area contributed by atoms with Crippen LogP contribution >= 0.6 is 0 Å². The Morgan fingerprint density at radius 3 is 2.44 bits per heavy atom. The minimum absolute atomic E-state index is 0.440. The van der Waals surface area contributed by atoms with Crippen LogP contribution in [0.15, 0.2) is 42.6 Å².